The second-order valence-corrected chi connectivity index (χ2v) is 11.8. The molecule has 0 saturated carbocycles. The van der Waals surface area contributed by atoms with Gasteiger partial charge in [-0.2, -0.15) is 0 Å². The molecule has 5 aromatic carbocycles. The first-order valence-electron chi connectivity index (χ1n) is 16.2. The second-order valence-electron chi connectivity index (χ2n) is 11.8. The molecule has 0 saturated heterocycles. The number of benzene rings is 5. The van der Waals surface area contributed by atoms with Crippen LogP contribution in [0.1, 0.15) is 66.0 Å². The van der Waals surface area contributed by atoms with Crippen molar-refractivity contribution in [2.24, 2.45) is 5.73 Å². The summed E-state index contributed by atoms with van der Waals surface area (Å²) in [6.45, 7) is 6.60. The van der Waals surface area contributed by atoms with E-state index in [4.69, 9.17) is 19.9 Å². The van der Waals surface area contributed by atoms with Crippen LogP contribution in [0.5, 0.6) is 17.2 Å². The summed E-state index contributed by atoms with van der Waals surface area (Å²) in [6, 6.07) is 40.9. The Bertz CT molecular complexity index is 1690. The molecule has 45 heavy (non-hydrogen) atoms. The van der Waals surface area contributed by atoms with Crippen LogP contribution in [0.15, 0.2) is 115 Å². The smallest absolute Gasteiger partial charge is 0.122 e. The predicted molar refractivity (Wildman–Crippen MR) is 183 cm³/mol. The van der Waals surface area contributed by atoms with Gasteiger partial charge in [0.2, 0.25) is 0 Å². The molecule has 1 aliphatic rings. The SMILES string of the molecule is CCCCCCOc1ccc(C2(c3ccc(OCCOc4ccc(CN)cc4)cc3)c3ccccc3-c3ccc(C)cc32)cc1. The molecule has 1 atom stereocenters. The fourth-order valence-corrected chi connectivity index (χ4v) is 6.54. The molecule has 0 fully saturated rings. The van der Waals surface area contributed by atoms with Crippen molar-refractivity contribution in [2.75, 3.05) is 19.8 Å². The Morgan fingerprint density at radius 1 is 0.556 bits per heavy atom. The zero-order valence-electron chi connectivity index (χ0n) is 26.4. The normalized spacial score (nSPS) is 14.9. The van der Waals surface area contributed by atoms with Crippen molar-refractivity contribution in [3.63, 3.8) is 0 Å². The Morgan fingerprint density at radius 2 is 1.11 bits per heavy atom. The van der Waals surface area contributed by atoms with Crippen LogP contribution in [0.3, 0.4) is 0 Å². The lowest BCUT2D eigenvalue weighted by atomic mass is 9.67. The van der Waals surface area contributed by atoms with E-state index in [1.54, 1.807) is 0 Å². The number of fused-ring (bicyclic) bond motifs is 3. The van der Waals surface area contributed by atoms with E-state index in [9.17, 15) is 0 Å². The topological polar surface area (TPSA) is 53.7 Å². The number of unbranched alkanes of at least 4 members (excludes halogenated alkanes) is 3. The van der Waals surface area contributed by atoms with Crippen molar-refractivity contribution in [3.05, 3.63) is 149 Å². The largest absolute Gasteiger partial charge is 0.494 e. The van der Waals surface area contributed by atoms with Crippen molar-refractivity contribution < 1.29 is 14.2 Å². The van der Waals surface area contributed by atoms with Gasteiger partial charge in [-0.1, -0.05) is 111 Å². The highest BCUT2D eigenvalue weighted by Gasteiger charge is 2.46. The van der Waals surface area contributed by atoms with Gasteiger partial charge in [-0.3, -0.25) is 0 Å². The number of nitrogens with two attached hydrogens (primary N) is 1. The zero-order chi connectivity index (χ0) is 31.1. The third-order valence-corrected chi connectivity index (χ3v) is 8.82. The van der Waals surface area contributed by atoms with Crippen LogP contribution >= 0.6 is 0 Å². The molecule has 0 aromatic heterocycles. The van der Waals surface area contributed by atoms with Gasteiger partial charge < -0.3 is 19.9 Å². The molecule has 2 N–H and O–H groups in total. The minimum atomic E-state index is -0.463. The Kier molecular flexibility index (Phi) is 9.52. The Labute approximate surface area is 267 Å². The summed E-state index contributed by atoms with van der Waals surface area (Å²) in [5.41, 5.74) is 15.2. The van der Waals surface area contributed by atoms with E-state index in [1.165, 1.54) is 58.2 Å². The summed E-state index contributed by atoms with van der Waals surface area (Å²) in [6.07, 6.45) is 4.78. The lowest BCUT2D eigenvalue weighted by molar-refractivity contribution is 0.217. The maximum atomic E-state index is 6.14. The highest BCUT2D eigenvalue weighted by molar-refractivity contribution is 5.86. The van der Waals surface area contributed by atoms with Gasteiger partial charge in [-0.15, -0.1) is 0 Å². The first-order valence-corrected chi connectivity index (χ1v) is 16.2. The molecule has 6 rings (SSSR count). The molecule has 0 amide bonds. The van der Waals surface area contributed by atoms with Crippen LogP contribution in [0.4, 0.5) is 0 Å². The molecule has 0 bridgehead atoms. The van der Waals surface area contributed by atoms with Crippen molar-refractivity contribution >= 4 is 0 Å². The fourth-order valence-electron chi connectivity index (χ4n) is 6.54. The van der Waals surface area contributed by atoms with E-state index in [0.717, 1.165) is 35.8 Å². The lowest BCUT2D eigenvalue weighted by Crippen LogP contribution is -2.28. The van der Waals surface area contributed by atoms with Crippen molar-refractivity contribution in [2.45, 2.75) is 51.5 Å². The zero-order valence-corrected chi connectivity index (χ0v) is 26.4. The predicted octanol–water partition coefficient (Wildman–Crippen LogP) is 9.23. The molecule has 230 valence electrons. The van der Waals surface area contributed by atoms with Gasteiger partial charge in [0.05, 0.1) is 12.0 Å². The van der Waals surface area contributed by atoms with E-state index in [1.807, 2.05) is 24.3 Å². The van der Waals surface area contributed by atoms with Crippen LogP contribution in [0.2, 0.25) is 0 Å². The number of hydrogen-bond donors (Lipinski definition) is 1. The molecule has 0 aliphatic heterocycles. The summed E-state index contributed by atoms with van der Waals surface area (Å²) >= 11 is 0. The fraction of sp³-hybridized carbons (Fsp3) is 0.268. The maximum absolute atomic E-state index is 6.14. The summed E-state index contributed by atoms with van der Waals surface area (Å²) in [7, 11) is 0. The van der Waals surface area contributed by atoms with Crippen LogP contribution in [0, 0.1) is 6.92 Å². The van der Waals surface area contributed by atoms with E-state index < -0.39 is 5.41 Å². The lowest BCUT2D eigenvalue weighted by Gasteiger charge is -2.34. The average molecular weight is 598 g/mol. The minimum absolute atomic E-state index is 0.452. The quantitative estimate of drug-likeness (QED) is 0.127. The van der Waals surface area contributed by atoms with Gasteiger partial charge in [-0.05, 0) is 88.7 Å². The number of aryl methyl sites for hydroxylation is 1. The van der Waals surface area contributed by atoms with Gasteiger partial charge in [-0.25, -0.2) is 0 Å². The van der Waals surface area contributed by atoms with E-state index in [-0.39, 0.29) is 0 Å². The van der Waals surface area contributed by atoms with E-state index in [0.29, 0.717) is 19.8 Å². The van der Waals surface area contributed by atoms with Crippen molar-refractivity contribution in [1.29, 1.82) is 0 Å². The summed E-state index contributed by atoms with van der Waals surface area (Å²) in [5, 5.41) is 0. The Morgan fingerprint density at radius 3 is 1.71 bits per heavy atom. The third kappa shape index (κ3) is 6.34. The van der Waals surface area contributed by atoms with Gasteiger partial charge in [0.25, 0.3) is 0 Å². The average Bonchev–Trinajstić information content (AvgIpc) is 3.37. The maximum Gasteiger partial charge on any atom is 0.122 e. The molecular formula is C41H43NO3. The molecular weight excluding hydrogens is 554 g/mol. The Balaban J connectivity index is 1.28. The van der Waals surface area contributed by atoms with Gasteiger partial charge in [0.1, 0.15) is 30.5 Å². The number of rotatable bonds is 14. The molecule has 0 spiro atoms. The molecule has 5 aromatic rings. The number of ether oxygens (including phenoxy) is 3. The Hall–Kier alpha value is -4.54. The van der Waals surface area contributed by atoms with E-state index in [2.05, 4.69) is 105 Å². The highest BCUT2D eigenvalue weighted by Crippen LogP contribution is 2.56. The number of hydrogen-bond acceptors (Lipinski definition) is 4. The monoisotopic (exact) mass is 597 g/mol. The minimum Gasteiger partial charge on any atom is -0.494 e. The molecule has 0 radical (unpaired) electrons. The third-order valence-electron chi connectivity index (χ3n) is 8.82. The summed E-state index contributed by atoms with van der Waals surface area (Å²) in [5.74, 6) is 2.55. The van der Waals surface area contributed by atoms with Gasteiger partial charge in [0, 0.05) is 6.54 Å². The van der Waals surface area contributed by atoms with Crippen molar-refractivity contribution in [1.82, 2.24) is 0 Å². The highest BCUT2D eigenvalue weighted by atomic mass is 16.5. The van der Waals surface area contributed by atoms with Crippen LogP contribution in [-0.2, 0) is 12.0 Å². The van der Waals surface area contributed by atoms with Gasteiger partial charge >= 0.3 is 0 Å². The first-order chi connectivity index (χ1) is 22.1. The van der Waals surface area contributed by atoms with Crippen LogP contribution in [-0.4, -0.2) is 19.8 Å². The van der Waals surface area contributed by atoms with Crippen LogP contribution in [0.25, 0.3) is 11.1 Å². The molecule has 0 heterocycles. The molecule has 1 aliphatic carbocycles. The molecule has 4 heteroatoms. The standard InChI is InChI=1S/C41H43NO3/c1-3-4-5-8-25-43-35-20-14-32(15-21-35)41(39-10-7-6-9-37(39)38-24-11-30(2)28-40(38)41)33-16-22-36(23-17-33)45-27-26-44-34-18-12-31(29-42)13-19-34/h6-7,9-24,28H,3-5,8,25-27,29,42H2,1-2H3. The van der Waals surface area contributed by atoms with Crippen molar-refractivity contribution in [3.8, 4) is 28.4 Å². The van der Waals surface area contributed by atoms with E-state index >= 15 is 0 Å². The summed E-state index contributed by atoms with van der Waals surface area (Å²) < 4.78 is 18.1. The second kappa shape index (κ2) is 14.0. The van der Waals surface area contributed by atoms with Gasteiger partial charge in [0.15, 0.2) is 0 Å². The summed E-state index contributed by atoms with van der Waals surface area (Å²) in [4.78, 5) is 0. The molecule has 4 nitrogen and oxygen atoms in total. The molecule has 1 unspecified atom stereocenters. The first kappa shape index (κ1) is 30.5. The van der Waals surface area contributed by atoms with Crippen LogP contribution < -0.4 is 19.9 Å².